The van der Waals surface area contributed by atoms with E-state index < -0.39 is 23.5 Å². The SMILES string of the molecule is Cc1ccc2nc(N3C(=O)C(O)=C(C(=O)c4ccc(C)o4)C3c3ccc(C)o3)sc2c1. The molecule has 7 nitrogen and oxygen atoms in total. The lowest BCUT2D eigenvalue weighted by atomic mass is 10.00. The molecule has 156 valence electrons. The zero-order valence-corrected chi connectivity index (χ0v) is 17.8. The third-order valence-electron chi connectivity index (χ3n) is 5.19. The maximum Gasteiger partial charge on any atom is 0.296 e. The van der Waals surface area contributed by atoms with Crippen LogP contribution in [0.1, 0.15) is 39.4 Å². The van der Waals surface area contributed by atoms with Gasteiger partial charge in [-0.15, -0.1) is 0 Å². The number of aliphatic hydroxyl groups is 1. The van der Waals surface area contributed by atoms with Crippen LogP contribution in [-0.4, -0.2) is 21.8 Å². The fourth-order valence-corrected chi connectivity index (χ4v) is 4.81. The molecular formula is C23H18N2O5S. The molecule has 8 heteroatoms. The van der Waals surface area contributed by atoms with E-state index in [0.29, 0.717) is 22.4 Å². The van der Waals surface area contributed by atoms with Gasteiger partial charge in [0.25, 0.3) is 5.91 Å². The van der Waals surface area contributed by atoms with Crippen molar-refractivity contribution in [1.29, 1.82) is 0 Å². The number of Topliss-reactive ketones (excluding diaryl/α,β-unsaturated/α-hetero) is 1. The summed E-state index contributed by atoms with van der Waals surface area (Å²) in [7, 11) is 0. The van der Waals surface area contributed by atoms with Crippen molar-refractivity contribution in [3.8, 4) is 0 Å². The van der Waals surface area contributed by atoms with Crippen LogP contribution in [0.15, 0.2) is 62.6 Å². The maximum atomic E-state index is 13.3. The summed E-state index contributed by atoms with van der Waals surface area (Å²) in [6, 6.07) is 11.5. The van der Waals surface area contributed by atoms with Gasteiger partial charge < -0.3 is 13.9 Å². The van der Waals surface area contributed by atoms with Crippen LogP contribution in [0.3, 0.4) is 0 Å². The number of aliphatic hydroxyl groups excluding tert-OH is 1. The maximum absolute atomic E-state index is 13.3. The number of fused-ring (bicyclic) bond motifs is 1. The highest BCUT2D eigenvalue weighted by atomic mass is 32.1. The molecule has 1 amide bonds. The molecule has 31 heavy (non-hydrogen) atoms. The van der Waals surface area contributed by atoms with Gasteiger partial charge in [0, 0.05) is 0 Å². The number of aromatic nitrogens is 1. The van der Waals surface area contributed by atoms with Crippen molar-refractivity contribution in [2.45, 2.75) is 26.8 Å². The second-order valence-corrected chi connectivity index (χ2v) is 8.50. The van der Waals surface area contributed by atoms with Crippen LogP contribution < -0.4 is 4.90 Å². The number of hydrogen-bond acceptors (Lipinski definition) is 7. The number of aryl methyl sites for hydroxylation is 3. The van der Waals surface area contributed by atoms with Crippen LogP contribution in [0.25, 0.3) is 10.2 Å². The second-order valence-electron chi connectivity index (χ2n) is 7.50. The van der Waals surface area contributed by atoms with Crippen LogP contribution in [-0.2, 0) is 4.79 Å². The summed E-state index contributed by atoms with van der Waals surface area (Å²) in [5, 5.41) is 11.1. The van der Waals surface area contributed by atoms with E-state index in [4.69, 9.17) is 8.83 Å². The van der Waals surface area contributed by atoms with Gasteiger partial charge in [-0.2, -0.15) is 0 Å². The van der Waals surface area contributed by atoms with Crippen molar-refractivity contribution in [2.75, 3.05) is 4.90 Å². The number of amides is 1. The van der Waals surface area contributed by atoms with Gasteiger partial charge in [-0.25, -0.2) is 4.98 Å². The molecule has 5 rings (SSSR count). The standard InChI is InChI=1S/C23H18N2O5S/c1-11-4-7-14-17(10-11)31-23(24-14)25-19(15-8-5-12(2)29-15)18(21(27)22(25)28)20(26)16-9-6-13(3)30-16/h4-10,19,27H,1-3H3. The Bertz CT molecular complexity index is 1390. The Hall–Kier alpha value is -3.65. The van der Waals surface area contributed by atoms with Gasteiger partial charge in [0.2, 0.25) is 5.78 Å². The summed E-state index contributed by atoms with van der Waals surface area (Å²) in [4.78, 5) is 32.3. The Morgan fingerprint density at radius 2 is 1.81 bits per heavy atom. The van der Waals surface area contributed by atoms with Crippen LogP contribution in [0, 0.1) is 20.8 Å². The van der Waals surface area contributed by atoms with Crippen LogP contribution in [0.4, 0.5) is 5.13 Å². The summed E-state index contributed by atoms with van der Waals surface area (Å²) in [6.45, 7) is 5.46. The number of thiazole rings is 1. The third kappa shape index (κ3) is 3.07. The van der Waals surface area contributed by atoms with Crippen molar-refractivity contribution in [3.63, 3.8) is 0 Å². The molecule has 0 fully saturated rings. The van der Waals surface area contributed by atoms with Gasteiger partial charge >= 0.3 is 0 Å². The van der Waals surface area contributed by atoms with Gasteiger partial charge in [-0.05, 0) is 62.7 Å². The Balaban J connectivity index is 1.67. The molecule has 4 heterocycles. The average molecular weight is 434 g/mol. The number of hydrogen-bond donors (Lipinski definition) is 1. The molecule has 1 aromatic carbocycles. The van der Waals surface area contributed by atoms with Crippen molar-refractivity contribution in [2.24, 2.45) is 0 Å². The van der Waals surface area contributed by atoms with Crippen LogP contribution >= 0.6 is 11.3 Å². The predicted molar refractivity (Wildman–Crippen MR) is 115 cm³/mol. The number of carbonyl (C=O) groups excluding carboxylic acids is 2. The molecule has 0 bridgehead atoms. The van der Waals surface area contributed by atoms with Crippen molar-refractivity contribution >= 4 is 38.4 Å². The largest absolute Gasteiger partial charge is 0.503 e. The summed E-state index contributed by atoms with van der Waals surface area (Å²) in [5.74, 6) is -0.336. The highest BCUT2D eigenvalue weighted by Crippen LogP contribution is 2.44. The first-order chi connectivity index (χ1) is 14.8. The van der Waals surface area contributed by atoms with E-state index in [1.54, 1.807) is 32.0 Å². The smallest absolute Gasteiger partial charge is 0.296 e. The van der Waals surface area contributed by atoms with E-state index >= 15 is 0 Å². The van der Waals surface area contributed by atoms with Crippen LogP contribution in [0.5, 0.6) is 0 Å². The number of furan rings is 2. The molecule has 4 aromatic rings. The van der Waals surface area contributed by atoms with Gasteiger partial charge in [-0.3, -0.25) is 14.5 Å². The number of rotatable bonds is 4. The van der Waals surface area contributed by atoms with Gasteiger partial charge in [0.15, 0.2) is 16.7 Å². The molecule has 1 unspecified atom stereocenters. The molecule has 1 atom stereocenters. The Morgan fingerprint density at radius 3 is 2.48 bits per heavy atom. The van der Waals surface area contributed by atoms with E-state index in [-0.39, 0.29) is 11.3 Å². The second kappa shape index (κ2) is 6.95. The fraction of sp³-hybridized carbons (Fsp3) is 0.174. The lowest BCUT2D eigenvalue weighted by Crippen LogP contribution is -2.30. The minimum absolute atomic E-state index is 0.0434. The van der Waals surface area contributed by atoms with Crippen molar-refractivity contribution < 1.29 is 23.5 Å². The fourth-order valence-electron chi connectivity index (χ4n) is 3.72. The monoisotopic (exact) mass is 434 g/mol. The molecule has 1 aliphatic heterocycles. The molecule has 3 aromatic heterocycles. The quantitative estimate of drug-likeness (QED) is 0.444. The molecule has 1 aliphatic rings. The Kier molecular flexibility index (Phi) is 4.33. The number of carbonyl (C=O) groups is 2. The molecular weight excluding hydrogens is 416 g/mol. The Labute approximate surface area is 181 Å². The van der Waals surface area contributed by atoms with E-state index in [0.717, 1.165) is 15.8 Å². The molecule has 0 radical (unpaired) electrons. The normalized spacial score (nSPS) is 16.7. The minimum atomic E-state index is -0.958. The average Bonchev–Trinajstić information content (AvgIpc) is 3.49. The minimum Gasteiger partial charge on any atom is -0.503 e. The van der Waals surface area contributed by atoms with E-state index in [1.807, 2.05) is 25.1 Å². The van der Waals surface area contributed by atoms with Crippen molar-refractivity contribution in [1.82, 2.24) is 4.98 Å². The van der Waals surface area contributed by atoms with E-state index in [2.05, 4.69) is 4.98 Å². The first-order valence-corrected chi connectivity index (χ1v) is 10.5. The van der Waals surface area contributed by atoms with Crippen molar-refractivity contribution in [3.05, 3.63) is 82.4 Å². The predicted octanol–water partition coefficient (Wildman–Crippen LogP) is 5.19. The Morgan fingerprint density at radius 1 is 1.06 bits per heavy atom. The first kappa shape index (κ1) is 19.3. The van der Waals surface area contributed by atoms with Crippen LogP contribution in [0.2, 0.25) is 0 Å². The summed E-state index contributed by atoms with van der Waals surface area (Å²) >= 11 is 1.31. The summed E-state index contributed by atoms with van der Waals surface area (Å²) in [5.41, 5.74) is 1.71. The van der Waals surface area contributed by atoms with E-state index in [9.17, 15) is 14.7 Å². The number of benzene rings is 1. The molecule has 0 spiro atoms. The lowest BCUT2D eigenvalue weighted by molar-refractivity contribution is -0.117. The van der Waals surface area contributed by atoms with Gasteiger partial charge in [-0.1, -0.05) is 17.4 Å². The van der Waals surface area contributed by atoms with E-state index in [1.165, 1.54) is 22.3 Å². The lowest BCUT2D eigenvalue weighted by Gasteiger charge is -2.21. The summed E-state index contributed by atoms with van der Waals surface area (Å²) in [6.07, 6.45) is 0. The highest BCUT2D eigenvalue weighted by molar-refractivity contribution is 7.22. The first-order valence-electron chi connectivity index (χ1n) is 9.65. The topological polar surface area (TPSA) is 96.8 Å². The third-order valence-corrected chi connectivity index (χ3v) is 6.20. The van der Waals surface area contributed by atoms with Gasteiger partial charge in [0.05, 0.1) is 15.8 Å². The summed E-state index contributed by atoms with van der Waals surface area (Å²) < 4.78 is 12.2. The zero-order valence-electron chi connectivity index (χ0n) is 17.0. The molecule has 0 saturated carbocycles. The van der Waals surface area contributed by atoms with Gasteiger partial charge in [0.1, 0.15) is 23.3 Å². The number of anilines is 1. The molecule has 0 aliphatic carbocycles. The number of ketones is 1. The number of nitrogens with zero attached hydrogens (tertiary/aromatic N) is 2. The highest BCUT2D eigenvalue weighted by Gasteiger charge is 2.48. The zero-order chi connectivity index (χ0) is 21.9. The molecule has 1 N–H and O–H groups in total. The molecule has 0 saturated heterocycles.